The highest BCUT2D eigenvalue weighted by Gasteiger charge is 2.34. The number of hydrogen-bond donors (Lipinski definition) is 5. The van der Waals surface area contributed by atoms with Gasteiger partial charge in [0, 0.05) is 11.3 Å². The van der Waals surface area contributed by atoms with Crippen molar-refractivity contribution >= 4 is 45.5 Å². The molecule has 2 aliphatic rings. The molecule has 1 aromatic carbocycles. The van der Waals surface area contributed by atoms with Crippen LogP contribution in [0.5, 0.6) is 0 Å². The van der Waals surface area contributed by atoms with Gasteiger partial charge in [-0.2, -0.15) is 8.42 Å². The number of benzene rings is 1. The summed E-state index contributed by atoms with van der Waals surface area (Å²) >= 11 is 1.19. The number of hydrazine groups is 1. The number of fused-ring (bicyclic) bond motifs is 1. The Labute approximate surface area is 163 Å². The number of thioether (sulfide) groups is 1. The average molecular weight is 422 g/mol. The molecule has 12 heteroatoms. The molecule has 0 spiro atoms. The van der Waals surface area contributed by atoms with Crippen LogP contribution in [0.3, 0.4) is 0 Å². The predicted molar refractivity (Wildman–Crippen MR) is 100 cm³/mol. The van der Waals surface area contributed by atoms with Gasteiger partial charge in [-0.1, -0.05) is 11.8 Å². The summed E-state index contributed by atoms with van der Waals surface area (Å²) in [5.41, 5.74) is 5.84. The van der Waals surface area contributed by atoms with Gasteiger partial charge in [0.2, 0.25) is 5.91 Å². The van der Waals surface area contributed by atoms with Crippen LogP contribution in [0.1, 0.15) is 17.4 Å². The van der Waals surface area contributed by atoms with Crippen molar-refractivity contribution in [1.29, 1.82) is 0 Å². The Morgan fingerprint density at radius 1 is 1.21 bits per heavy atom. The van der Waals surface area contributed by atoms with Crippen LogP contribution in [0.2, 0.25) is 0 Å². The van der Waals surface area contributed by atoms with Crippen LogP contribution in [0.25, 0.3) is 6.08 Å². The minimum absolute atomic E-state index is 0.300. The lowest BCUT2D eigenvalue weighted by Crippen LogP contribution is -2.48. The van der Waals surface area contributed by atoms with Gasteiger partial charge in [0.25, 0.3) is 16.0 Å². The first kappa shape index (κ1) is 18.7. The smallest absolute Gasteiger partial charge is 0.294 e. The summed E-state index contributed by atoms with van der Waals surface area (Å²) in [6.07, 6.45) is 3.09. The van der Waals surface area contributed by atoms with E-state index in [0.29, 0.717) is 21.9 Å². The first-order chi connectivity index (χ1) is 13.3. The van der Waals surface area contributed by atoms with Gasteiger partial charge in [0.1, 0.15) is 17.3 Å². The van der Waals surface area contributed by atoms with E-state index in [9.17, 15) is 22.6 Å². The van der Waals surface area contributed by atoms with E-state index < -0.39 is 27.6 Å². The summed E-state index contributed by atoms with van der Waals surface area (Å²) in [5, 5.41) is 5.30. The van der Waals surface area contributed by atoms with E-state index in [4.69, 9.17) is 4.42 Å². The van der Waals surface area contributed by atoms with Crippen molar-refractivity contribution in [2.24, 2.45) is 0 Å². The van der Waals surface area contributed by atoms with Crippen LogP contribution in [0.15, 0.2) is 50.8 Å². The quantitative estimate of drug-likeness (QED) is 0.268. The van der Waals surface area contributed by atoms with E-state index in [2.05, 4.69) is 21.5 Å². The van der Waals surface area contributed by atoms with Gasteiger partial charge in [-0.25, -0.2) is 10.9 Å². The molecule has 4 rings (SSSR count). The summed E-state index contributed by atoms with van der Waals surface area (Å²) in [4.78, 5) is 24.3. The molecule has 0 aliphatic carbocycles. The van der Waals surface area contributed by atoms with E-state index in [1.54, 1.807) is 18.2 Å². The van der Waals surface area contributed by atoms with Gasteiger partial charge < -0.3 is 15.1 Å². The number of furan rings is 1. The fourth-order valence-electron chi connectivity index (χ4n) is 2.77. The van der Waals surface area contributed by atoms with Crippen LogP contribution in [0, 0.1) is 0 Å². The summed E-state index contributed by atoms with van der Waals surface area (Å²) in [6.45, 7) is 0. The zero-order valence-electron chi connectivity index (χ0n) is 14.0. The molecule has 2 amide bonds. The Balaban J connectivity index is 1.46. The Hall–Kier alpha value is -2.64. The maximum absolute atomic E-state index is 12.2. The number of nitrogens with one attached hydrogen (secondary N) is 4. The molecule has 0 radical (unpaired) electrons. The molecular formula is C16H14N4O6S2. The number of amides is 2. The Morgan fingerprint density at radius 3 is 2.75 bits per heavy atom. The number of anilines is 1. The molecule has 2 aromatic rings. The SMILES string of the molecule is O=C1NC(NNC2C(=O)Nc3ccc(S(=O)(=O)O)cc32)S/C1=C\c1ccco1. The van der Waals surface area contributed by atoms with Crippen molar-refractivity contribution in [3.63, 3.8) is 0 Å². The minimum Gasteiger partial charge on any atom is -0.465 e. The second-order valence-corrected chi connectivity index (χ2v) is 8.50. The number of carbonyl (C=O) groups excluding carboxylic acids is 2. The molecule has 3 heterocycles. The zero-order valence-corrected chi connectivity index (χ0v) is 15.6. The molecular weight excluding hydrogens is 408 g/mol. The lowest BCUT2D eigenvalue weighted by atomic mass is 10.1. The molecule has 2 unspecified atom stereocenters. The Kier molecular flexibility index (Phi) is 4.72. The summed E-state index contributed by atoms with van der Waals surface area (Å²) in [7, 11) is -4.40. The summed E-state index contributed by atoms with van der Waals surface area (Å²) < 4.78 is 37.1. The van der Waals surface area contributed by atoms with Crippen molar-refractivity contribution in [1.82, 2.24) is 16.2 Å². The molecule has 10 nitrogen and oxygen atoms in total. The number of hydrogen-bond acceptors (Lipinski definition) is 8. The monoisotopic (exact) mass is 422 g/mol. The molecule has 1 fully saturated rings. The van der Waals surface area contributed by atoms with Crippen molar-refractivity contribution in [3.05, 3.63) is 52.8 Å². The Bertz CT molecular complexity index is 1080. The normalized spacial score (nSPS) is 23.0. The van der Waals surface area contributed by atoms with Crippen molar-refractivity contribution in [2.45, 2.75) is 16.4 Å². The lowest BCUT2D eigenvalue weighted by molar-refractivity contribution is -0.117. The highest BCUT2D eigenvalue weighted by Crippen LogP contribution is 2.33. The molecule has 28 heavy (non-hydrogen) atoms. The van der Waals surface area contributed by atoms with Crippen LogP contribution in [-0.2, 0) is 19.7 Å². The van der Waals surface area contributed by atoms with E-state index in [1.165, 1.54) is 36.2 Å². The standard InChI is InChI=1S/C16H14N4O6S2/c21-14-12(6-8-2-1-5-26-8)27-16(18-14)20-19-13-10-7-9(28(23,24)25)3-4-11(10)17-15(13)22/h1-7,13,16,19-20H,(H,17,22)(H,18,21)(H,23,24,25)/b12-6-. The van der Waals surface area contributed by atoms with E-state index in [-0.39, 0.29) is 10.8 Å². The van der Waals surface area contributed by atoms with Crippen molar-refractivity contribution < 1.29 is 27.0 Å². The van der Waals surface area contributed by atoms with Gasteiger partial charge in [-0.3, -0.25) is 14.1 Å². The molecule has 5 N–H and O–H groups in total. The van der Waals surface area contributed by atoms with Gasteiger partial charge in [0.05, 0.1) is 16.1 Å². The third-order valence-corrected chi connectivity index (χ3v) is 5.94. The highest BCUT2D eigenvalue weighted by molar-refractivity contribution is 8.05. The largest absolute Gasteiger partial charge is 0.465 e. The third kappa shape index (κ3) is 3.68. The van der Waals surface area contributed by atoms with Crippen molar-refractivity contribution in [2.75, 3.05) is 5.32 Å². The molecule has 1 aromatic heterocycles. The van der Waals surface area contributed by atoms with Crippen LogP contribution in [-0.4, -0.2) is 30.3 Å². The number of carbonyl (C=O) groups is 2. The first-order valence-corrected chi connectivity index (χ1v) is 10.3. The molecule has 1 saturated heterocycles. The second-order valence-electron chi connectivity index (χ2n) is 5.93. The highest BCUT2D eigenvalue weighted by atomic mass is 32.2. The van der Waals surface area contributed by atoms with E-state index in [1.807, 2.05) is 0 Å². The van der Waals surface area contributed by atoms with Crippen LogP contribution >= 0.6 is 11.8 Å². The fraction of sp³-hybridized carbons (Fsp3) is 0.125. The van der Waals surface area contributed by atoms with E-state index in [0.717, 1.165) is 0 Å². The second kappa shape index (κ2) is 7.07. The maximum Gasteiger partial charge on any atom is 0.294 e. The van der Waals surface area contributed by atoms with Crippen LogP contribution < -0.4 is 21.5 Å². The molecule has 2 atom stereocenters. The molecule has 0 bridgehead atoms. The summed E-state index contributed by atoms with van der Waals surface area (Å²) in [6, 6.07) is 6.32. The summed E-state index contributed by atoms with van der Waals surface area (Å²) in [5.74, 6) is -0.172. The fourth-order valence-corrected chi connectivity index (χ4v) is 4.18. The van der Waals surface area contributed by atoms with Gasteiger partial charge in [0.15, 0.2) is 0 Å². The topological polar surface area (TPSA) is 150 Å². The average Bonchev–Trinajstić information content (AvgIpc) is 3.32. The minimum atomic E-state index is -4.40. The van der Waals surface area contributed by atoms with Gasteiger partial charge in [-0.05, 0) is 36.4 Å². The molecule has 0 saturated carbocycles. The first-order valence-electron chi connectivity index (χ1n) is 7.97. The zero-order chi connectivity index (χ0) is 19.9. The van der Waals surface area contributed by atoms with Crippen molar-refractivity contribution in [3.8, 4) is 0 Å². The van der Waals surface area contributed by atoms with Gasteiger partial charge in [-0.15, -0.1) is 0 Å². The lowest BCUT2D eigenvalue weighted by Gasteiger charge is -2.16. The maximum atomic E-state index is 12.2. The van der Waals surface area contributed by atoms with Gasteiger partial charge >= 0.3 is 0 Å². The Morgan fingerprint density at radius 2 is 2.04 bits per heavy atom. The third-order valence-electron chi connectivity index (χ3n) is 4.06. The molecule has 2 aliphatic heterocycles. The van der Waals surface area contributed by atoms with E-state index >= 15 is 0 Å². The predicted octanol–water partition coefficient (Wildman–Crippen LogP) is 0.801. The molecule has 146 valence electrons. The van der Waals surface area contributed by atoms with Crippen LogP contribution in [0.4, 0.5) is 5.69 Å². The number of rotatable bonds is 5.